The normalized spacial score (nSPS) is 11.3. The Hall–Kier alpha value is -1.63. The van der Waals surface area contributed by atoms with Crippen molar-refractivity contribution in [2.75, 3.05) is 112 Å². The first-order valence-corrected chi connectivity index (χ1v) is 17.7. The number of ether oxygens (including phenoxy) is 9. The van der Waals surface area contributed by atoms with Gasteiger partial charge in [0.1, 0.15) is 6.61 Å². The molecule has 0 saturated carbocycles. The van der Waals surface area contributed by atoms with Crippen molar-refractivity contribution in [2.24, 2.45) is 0 Å². The lowest BCUT2D eigenvalue weighted by molar-refractivity contribution is -0.0244. The summed E-state index contributed by atoms with van der Waals surface area (Å²) in [7, 11) is 0. The third kappa shape index (κ3) is 31.0. The van der Waals surface area contributed by atoms with Gasteiger partial charge in [-0.3, -0.25) is 0 Å². The molecule has 10 heteroatoms. The third-order valence-electron chi connectivity index (χ3n) is 6.97. The van der Waals surface area contributed by atoms with Crippen LogP contribution >= 0.6 is 0 Å². The fraction of sp³-hybridized carbons (Fsp3) is 0.806. The van der Waals surface area contributed by atoms with Gasteiger partial charge in [0.2, 0.25) is 0 Å². The first-order chi connectivity index (χ1) is 22.8. The van der Waals surface area contributed by atoms with Crippen LogP contribution < -0.4 is 0 Å². The Morgan fingerprint density at radius 3 is 1.07 bits per heavy atom. The number of hydrogen-bond acceptors (Lipinski definition) is 10. The van der Waals surface area contributed by atoms with E-state index in [4.69, 9.17) is 42.6 Å². The molecular formula is C36H64O10. The number of unbranched alkanes of at least 4 members (excludes halogenated alkanes) is 10. The molecule has 0 unspecified atom stereocenters. The van der Waals surface area contributed by atoms with E-state index in [1.807, 2.05) is 6.07 Å². The van der Waals surface area contributed by atoms with Crippen molar-refractivity contribution in [3.63, 3.8) is 0 Å². The number of esters is 1. The SMILES string of the molecule is CCCCCCCCCCCCCOCCOCCOCCOCCOCCOCCOCCOCCOC(=O)c1ccccc1. The van der Waals surface area contributed by atoms with Crippen LogP contribution in [-0.4, -0.2) is 118 Å². The molecule has 0 spiro atoms. The van der Waals surface area contributed by atoms with Crippen LogP contribution in [0.5, 0.6) is 0 Å². The van der Waals surface area contributed by atoms with Crippen LogP contribution in [0.2, 0.25) is 0 Å². The van der Waals surface area contributed by atoms with E-state index in [1.54, 1.807) is 24.3 Å². The lowest BCUT2D eigenvalue weighted by atomic mass is 10.1. The summed E-state index contributed by atoms with van der Waals surface area (Å²) in [4.78, 5) is 11.8. The zero-order valence-corrected chi connectivity index (χ0v) is 28.8. The average molecular weight is 657 g/mol. The molecule has 46 heavy (non-hydrogen) atoms. The molecule has 0 fully saturated rings. The first-order valence-electron chi connectivity index (χ1n) is 17.7. The molecule has 1 aromatic carbocycles. The summed E-state index contributed by atoms with van der Waals surface area (Å²) in [6.07, 6.45) is 14.9. The smallest absolute Gasteiger partial charge is 0.338 e. The van der Waals surface area contributed by atoms with Crippen LogP contribution in [0.1, 0.15) is 87.9 Å². The maximum atomic E-state index is 11.8. The number of rotatable bonds is 37. The van der Waals surface area contributed by atoms with Gasteiger partial charge in [0.25, 0.3) is 0 Å². The molecule has 0 amide bonds. The van der Waals surface area contributed by atoms with Gasteiger partial charge in [0, 0.05) is 6.61 Å². The van der Waals surface area contributed by atoms with Crippen molar-refractivity contribution in [3.05, 3.63) is 35.9 Å². The highest BCUT2D eigenvalue weighted by molar-refractivity contribution is 5.89. The summed E-state index contributed by atoms with van der Waals surface area (Å²) in [5, 5.41) is 0. The lowest BCUT2D eigenvalue weighted by Gasteiger charge is -2.09. The molecule has 0 atom stereocenters. The van der Waals surface area contributed by atoms with Gasteiger partial charge in [-0.05, 0) is 18.6 Å². The molecule has 10 nitrogen and oxygen atoms in total. The van der Waals surface area contributed by atoms with E-state index >= 15 is 0 Å². The van der Waals surface area contributed by atoms with Crippen molar-refractivity contribution in [1.82, 2.24) is 0 Å². The van der Waals surface area contributed by atoms with Crippen LogP contribution in [0.3, 0.4) is 0 Å². The Balaban J connectivity index is 1.63. The summed E-state index contributed by atoms with van der Waals surface area (Å²) < 4.78 is 49.2. The quantitative estimate of drug-likeness (QED) is 0.0600. The van der Waals surface area contributed by atoms with E-state index < -0.39 is 0 Å². The van der Waals surface area contributed by atoms with Crippen LogP contribution in [0.25, 0.3) is 0 Å². The summed E-state index contributed by atoms with van der Waals surface area (Å²) in [5.74, 6) is -0.349. The molecule has 1 rings (SSSR count). The highest BCUT2D eigenvalue weighted by Gasteiger charge is 2.05. The Morgan fingerprint density at radius 2 is 0.696 bits per heavy atom. The maximum absolute atomic E-state index is 11.8. The summed E-state index contributed by atoms with van der Waals surface area (Å²) in [6, 6.07) is 8.88. The highest BCUT2D eigenvalue weighted by atomic mass is 16.6. The number of benzene rings is 1. The molecule has 268 valence electrons. The number of carbonyl (C=O) groups excluding carboxylic acids is 1. The van der Waals surface area contributed by atoms with Crippen molar-refractivity contribution in [3.8, 4) is 0 Å². The van der Waals surface area contributed by atoms with Crippen molar-refractivity contribution in [2.45, 2.75) is 77.6 Å². The van der Waals surface area contributed by atoms with Crippen LogP contribution in [0, 0.1) is 0 Å². The predicted molar refractivity (Wildman–Crippen MR) is 180 cm³/mol. The predicted octanol–water partition coefficient (Wildman–Crippen LogP) is 6.29. The second-order valence-corrected chi connectivity index (χ2v) is 10.9. The first kappa shape index (κ1) is 42.4. The molecule has 0 aromatic heterocycles. The summed E-state index contributed by atoms with van der Waals surface area (Å²) in [6.45, 7) is 11.0. The Kier molecular flexibility index (Phi) is 33.4. The Morgan fingerprint density at radius 1 is 0.391 bits per heavy atom. The van der Waals surface area contributed by atoms with E-state index in [2.05, 4.69) is 6.92 Å². The minimum atomic E-state index is -0.349. The number of hydrogen-bond donors (Lipinski definition) is 0. The zero-order valence-electron chi connectivity index (χ0n) is 28.8. The Bertz CT molecular complexity index is 737. The average Bonchev–Trinajstić information content (AvgIpc) is 3.08. The zero-order chi connectivity index (χ0) is 32.9. The van der Waals surface area contributed by atoms with Gasteiger partial charge in [0.05, 0.1) is 105 Å². The molecule has 0 bridgehead atoms. The fourth-order valence-corrected chi connectivity index (χ4v) is 4.36. The molecule has 0 aliphatic carbocycles. The molecular weight excluding hydrogens is 592 g/mol. The second kappa shape index (κ2) is 36.2. The highest BCUT2D eigenvalue weighted by Crippen LogP contribution is 2.11. The topological polar surface area (TPSA) is 100 Å². The van der Waals surface area contributed by atoms with E-state index in [0.717, 1.165) is 13.0 Å². The van der Waals surface area contributed by atoms with E-state index in [1.165, 1.54) is 64.2 Å². The second-order valence-electron chi connectivity index (χ2n) is 10.9. The van der Waals surface area contributed by atoms with Gasteiger partial charge in [0.15, 0.2) is 0 Å². The molecule has 0 radical (unpaired) electrons. The number of carbonyl (C=O) groups is 1. The molecule has 0 N–H and O–H groups in total. The molecule has 0 heterocycles. The standard InChI is InChI=1S/C36H64O10/c1-2-3-4-5-6-7-8-9-10-11-15-18-38-19-20-39-21-22-40-23-24-41-25-26-42-27-28-43-29-30-44-31-32-45-33-34-46-36(37)35-16-13-12-14-17-35/h12-14,16-17H,2-11,15,18-34H2,1H3. The maximum Gasteiger partial charge on any atom is 0.338 e. The minimum absolute atomic E-state index is 0.210. The van der Waals surface area contributed by atoms with Gasteiger partial charge in [-0.1, -0.05) is 89.3 Å². The Labute approximate surface area is 279 Å². The van der Waals surface area contributed by atoms with Gasteiger partial charge in [-0.15, -0.1) is 0 Å². The largest absolute Gasteiger partial charge is 0.460 e. The van der Waals surface area contributed by atoms with Crippen LogP contribution in [0.15, 0.2) is 30.3 Å². The van der Waals surface area contributed by atoms with Crippen molar-refractivity contribution in [1.29, 1.82) is 0 Å². The van der Waals surface area contributed by atoms with E-state index in [0.29, 0.717) is 105 Å². The van der Waals surface area contributed by atoms with Crippen LogP contribution in [-0.2, 0) is 42.6 Å². The van der Waals surface area contributed by atoms with E-state index in [-0.39, 0.29) is 12.6 Å². The van der Waals surface area contributed by atoms with Gasteiger partial charge in [-0.25, -0.2) is 4.79 Å². The molecule has 0 aliphatic heterocycles. The molecule has 1 aromatic rings. The fourth-order valence-electron chi connectivity index (χ4n) is 4.36. The van der Waals surface area contributed by atoms with Gasteiger partial charge < -0.3 is 42.6 Å². The lowest BCUT2D eigenvalue weighted by Crippen LogP contribution is -2.15. The molecule has 0 saturated heterocycles. The van der Waals surface area contributed by atoms with Crippen molar-refractivity contribution < 1.29 is 47.4 Å². The monoisotopic (exact) mass is 656 g/mol. The molecule has 0 aliphatic rings. The van der Waals surface area contributed by atoms with Crippen molar-refractivity contribution >= 4 is 5.97 Å². The van der Waals surface area contributed by atoms with Gasteiger partial charge in [-0.2, -0.15) is 0 Å². The minimum Gasteiger partial charge on any atom is -0.460 e. The van der Waals surface area contributed by atoms with Gasteiger partial charge >= 0.3 is 5.97 Å². The summed E-state index contributed by atoms with van der Waals surface area (Å²) >= 11 is 0. The third-order valence-corrected chi connectivity index (χ3v) is 6.97. The van der Waals surface area contributed by atoms with E-state index in [9.17, 15) is 4.79 Å². The summed E-state index contributed by atoms with van der Waals surface area (Å²) in [5.41, 5.74) is 0.532. The van der Waals surface area contributed by atoms with Crippen LogP contribution in [0.4, 0.5) is 0 Å².